The summed E-state index contributed by atoms with van der Waals surface area (Å²) in [6, 6.07) is 9.68. The van der Waals surface area contributed by atoms with Crippen molar-refractivity contribution in [3.63, 3.8) is 0 Å². The first-order valence-corrected chi connectivity index (χ1v) is 11.2. The Balaban J connectivity index is 1.95. The number of nitrogens with one attached hydrogen (secondary N) is 2. The number of hydrogen-bond donors (Lipinski definition) is 2. The van der Waals surface area contributed by atoms with Gasteiger partial charge >= 0.3 is 0 Å². The molecule has 0 unspecified atom stereocenters. The van der Waals surface area contributed by atoms with Gasteiger partial charge in [0.15, 0.2) is 6.61 Å². The van der Waals surface area contributed by atoms with E-state index in [2.05, 4.69) is 29.4 Å². The van der Waals surface area contributed by atoms with Gasteiger partial charge in [0, 0.05) is 17.6 Å². The second-order valence-electron chi connectivity index (χ2n) is 6.96. The molecule has 174 valence electrons. The average Bonchev–Trinajstić information content (AvgIpc) is 2.79. The molecule has 2 rings (SSSR count). The van der Waals surface area contributed by atoms with E-state index >= 15 is 0 Å². The zero-order chi connectivity index (χ0) is 23.5. The number of ether oxygens (including phenoxy) is 2. The van der Waals surface area contributed by atoms with Gasteiger partial charge in [-0.3, -0.25) is 9.59 Å². The Morgan fingerprint density at radius 1 is 1.06 bits per heavy atom. The number of methoxy groups -OCH3 is 1. The molecule has 2 N–H and O–H groups in total. The number of halogens is 2. The summed E-state index contributed by atoms with van der Waals surface area (Å²) in [5, 5.41) is 6.36. The first kappa shape index (κ1) is 25.8. The number of carbonyl (C=O) groups is 2. The zero-order valence-corrected chi connectivity index (χ0v) is 20.1. The molecule has 32 heavy (non-hydrogen) atoms. The zero-order valence-electron chi connectivity index (χ0n) is 18.5. The van der Waals surface area contributed by atoms with Crippen LogP contribution in [0.2, 0.25) is 10.0 Å². The van der Waals surface area contributed by atoms with E-state index in [-0.39, 0.29) is 17.5 Å². The summed E-state index contributed by atoms with van der Waals surface area (Å²) in [6.45, 7) is 7.41. The molecule has 0 aliphatic carbocycles. The average molecular weight is 482 g/mol. The van der Waals surface area contributed by atoms with E-state index in [1.165, 1.54) is 19.2 Å². The minimum Gasteiger partial charge on any atom is -0.496 e. The molecular weight excluding hydrogens is 453 g/mol. The predicted molar refractivity (Wildman–Crippen MR) is 128 cm³/mol. The molecule has 0 bridgehead atoms. The maximum Gasteiger partial charge on any atom is 0.262 e. The van der Waals surface area contributed by atoms with Crippen LogP contribution in [-0.4, -0.2) is 56.6 Å². The van der Waals surface area contributed by atoms with E-state index in [0.717, 1.165) is 26.1 Å². The molecule has 0 radical (unpaired) electrons. The van der Waals surface area contributed by atoms with Crippen molar-refractivity contribution in [3.8, 4) is 11.5 Å². The number of nitrogens with zero attached hydrogens (tertiary/aromatic N) is 1. The Hall–Kier alpha value is -2.48. The molecule has 2 amide bonds. The summed E-state index contributed by atoms with van der Waals surface area (Å²) < 4.78 is 10.8. The molecule has 0 aliphatic heterocycles. The van der Waals surface area contributed by atoms with E-state index in [1.807, 2.05) is 0 Å². The lowest BCUT2D eigenvalue weighted by atomic mass is 10.1. The number of carbonyl (C=O) groups excluding carboxylic acids is 2. The van der Waals surface area contributed by atoms with E-state index in [9.17, 15) is 9.59 Å². The van der Waals surface area contributed by atoms with Gasteiger partial charge in [0.25, 0.3) is 11.8 Å². The normalized spacial score (nSPS) is 10.7. The third-order valence-corrected chi connectivity index (χ3v) is 5.39. The second-order valence-corrected chi connectivity index (χ2v) is 7.80. The highest BCUT2D eigenvalue weighted by molar-refractivity contribution is 6.34. The summed E-state index contributed by atoms with van der Waals surface area (Å²) in [7, 11) is 1.45. The molecule has 0 atom stereocenters. The number of anilines is 1. The van der Waals surface area contributed by atoms with Crippen molar-refractivity contribution in [1.82, 2.24) is 10.2 Å². The van der Waals surface area contributed by atoms with Gasteiger partial charge in [0.05, 0.1) is 23.4 Å². The highest BCUT2D eigenvalue weighted by Gasteiger charge is 2.17. The molecule has 0 fully saturated rings. The van der Waals surface area contributed by atoms with E-state index in [0.29, 0.717) is 34.3 Å². The first-order valence-electron chi connectivity index (χ1n) is 10.4. The Labute approximate surface area is 199 Å². The fraction of sp³-hybridized carbons (Fsp3) is 0.391. The van der Waals surface area contributed by atoms with Crippen LogP contribution < -0.4 is 20.1 Å². The van der Waals surface area contributed by atoms with Crippen LogP contribution in [0, 0.1) is 0 Å². The SMILES string of the molecule is CCN(CC)CCCNC(=O)c1cc(Cl)c(NC(=O)COc2ccc(Cl)cc2)cc1OC. The van der Waals surface area contributed by atoms with Gasteiger partial charge < -0.3 is 25.0 Å². The molecular formula is C23H29Cl2N3O4. The molecule has 9 heteroatoms. The lowest BCUT2D eigenvalue weighted by Crippen LogP contribution is -2.30. The van der Waals surface area contributed by atoms with Crippen molar-refractivity contribution in [2.24, 2.45) is 0 Å². The van der Waals surface area contributed by atoms with Crippen LogP contribution in [0.4, 0.5) is 5.69 Å². The maximum atomic E-state index is 12.6. The standard InChI is InChI=1S/C23H29Cl2N3O4/c1-4-28(5-2)12-6-11-26-23(30)18-13-19(25)20(14-21(18)31-3)27-22(29)15-32-17-9-7-16(24)8-10-17/h7-10,13-14H,4-6,11-12,15H2,1-3H3,(H,26,30)(H,27,29). The summed E-state index contributed by atoms with van der Waals surface area (Å²) >= 11 is 12.1. The molecule has 0 aliphatic rings. The van der Waals surface area contributed by atoms with Crippen molar-refractivity contribution in [1.29, 1.82) is 0 Å². The molecule has 0 saturated heterocycles. The largest absolute Gasteiger partial charge is 0.496 e. The molecule has 2 aromatic carbocycles. The van der Waals surface area contributed by atoms with Gasteiger partial charge in [-0.1, -0.05) is 37.0 Å². The highest BCUT2D eigenvalue weighted by Crippen LogP contribution is 2.31. The van der Waals surface area contributed by atoms with Gasteiger partial charge in [0.2, 0.25) is 0 Å². The van der Waals surface area contributed by atoms with Crippen LogP contribution in [0.3, 0.4) is 0 Å². The van der Waals surface area contributed by atoms with Crippen LogP contribution in [0.5, 0.6) is 11.5 Å². The fourth-order valence-electron chi connectivity index (χ4n) is 3.00. The summed E-state index contributed by atoms with van der Waals surface area (Å²) in [6.07, 6.45) is 0.839. The van der Waals surface area contributed by atoms with E-state index in [1.54, 1.807) is 24.3 Å². The molecule has 0 heterocycles. The number of benzene rings is 2. The van der Waals surface area contributed by atoms with Gasteiger partial charge in [-0.25, -0.2) is 0 Å². The van der Waals surface area contributed by atoms with Crippen LogP contribution in [0.25, 0.3) is 0 Å². The minimum absolute atomic E-state index is 0.213. The van der Waals surface area contributed by atoms with Crippen molar-refractivity contribution in [2.75, 3.05) is 45.2 Å². The Morgan fingerprint density at radius 3 is 2.38 bits per heavy atom. The van der Waals surface area contributed by atoms with E-state index in [4.69, 9.17) is 32.7 Å². The molecule has 0 saturated carbocycles. The van der Waals surface area contributed by atoms with Crippen LogP contribution in [0.1, 0.15) is 30.6 Å². The van der Waals surface area contributed by atoms with Crippen LogP contribution >= 0.6 is 23.2 Å². The third kappa shape index (κ3) is 7.89. The van der Waals surface area contributed by atoms with Crippen LogP contribution in [-0.2, 0) is 4.79 Å². The first-order chi connectivity index (χ1) is 15.4. The monoisotopic (exact) mass is 481 g/mol. The lowest BCUT2D eigenvalue weighted by Gasteiger charge is -2.18. The fourth-order valence-corrected chi connectivity index (χ4v) is 3.34. The van der Waals surface area contributed by atoms with Gasteiger partial charge in [-0.2, -0.15) is 0 Å². The lowest BCUT2D eigenvalue weighted by molar-refractivity contribution is -0.118. The summed E-state index contributed by atoms with van der Waals surface area (Å²) in [4.78, 5) is 27.1. The van der Waals surface area contributed by atoms with Gasteiger partial charge in [-0.05, 0) is 56.4 Å². The molecule has 2 aromatic rings. The number of hydrogen-bond acceptors (Lipinski definition) is 5. The smallest absolute Gasteiger partial charge is 0.262 e. The van der Waals surface area contributed by atoms with Crippen LogP contribution in [0.15, 0.2) is 36.4 Å². The predicted octanol–water partition coefficient (Wildman–Crippen LogP) is 4.48. The number of amides is 2. The molecule has 0 aromatic heterocycles. The molecule has 0 spiro atoms. The topological polar surface area (TPSA) is 79.9 Å². The summed E-state index contributed by atoms with van der Waals surface area (Å²) in [5.74, 6) is 0.135. The van der Waals surface area contributed by atoms with Crippen molar-refractivity contribution in [2.45, 2.75) is 20.3 Å². The van der Waals surface area contributed by atoms with Crippen molar-refractivity contribution >= 4 is 40.7 Å². The van der Waals surface area contributed by atoms with E-state index < -0.39 is 5.91 Å². The Kier molecular flexibility index (Phi) is 10.6. The van der Waals surface area contributed by atoms with Gasteiger partial charge in [0.1, 0.15) is 11.5 Å². The maximum absolute atomic E-state index is 12.6. The summed E-state index contributed by atoms with van der Waals surface area (Å²) in [5.41, 5.74) is 0.627. The minimum atomic E-state index is -0.405. The third-order valence-electron chi connectivity index (χ3n) is 4.82. The Morgan fingerprint density at radius 2 is 1.75 bits per heavy atom. The Bertz CT molecular complexity index is 903. The van der Waals surface area contributed by atoms with Crippen molar-refractivity contribution < 1.29 is 19.1 Å². The van der Waals surface area contributed by atoms with Gasteiger partial charge in [-0.15, -0.1) is 0 Å². The second kappa shape index (κ2) is 13.2. The quantitative estimate of drug-likeness (QED) is 0.436. The van der Waals surface area contributed by atoms with Crippen molar-refractivity contribution in [3.05, 3.63) is 52.0 Å². The highest BCUT2D eigenvalue weighted by atomic mass is 35.5. The number of rotatable bonds is 12. The molecule has 7 nitrogen and oxygen atoms in total.